The predicted molar refractivity (Wildman–Crippen MR) is 124 cm³/mol. The number of hydrogen-bond donors (Lipinski definition) is 2. The highest BCUT2D eigenvalue weighted by atomic mass is 16.2. The van der Waals surface area contributed by atoms with E-state index in [4.69, 9.17) is 5.73 Å². The molecule has 0 saturated carbocycles. The van der Waals surface area contributed by atoms with Crippen LogP contribution in [0.3, 0.4) is 0 Å². The third-order valence-corrected chi connectivity index (χ3v) is 5.45. The molecule has 0 fully saturated rings. The summed E-state index contributed by atoms with van der Waals surface area (Å²) in [7, 11) is 0. The minimum absolute atomic E-state index is 0.172. The van der Waals surface area contributed by atoms with Gasteiger partial charge in [-0.1, -0.05) is 103 Å². The first kappa shape index (κ1) is 20.4. The van der Waals surface area contributed by atoms with Crippen LogP contribution in [-0.4, -0.2) is 17.9 Å². The SMILES string of the molecule is NC(=O)[C@@H](NC(=O)Cc1ccc2ccccc2c1)C(c1ccccc1)c1ccccc1. The van der Waals surface area contributed by atoms with Crippen molar-refractivity contribution >= 4 is 22.6 Å². The topological polar surface area (TPSA) is 72.2 Å². The monoisotopic (exact) mass is 408 g/mol. The van der Waals surface area contributed by atoms with Gasteiger partial charge in [-0.25, -0.2) is 0 Å². The van der Waals surface area contributed by atoms with Crippen LogP contribution < -0.4 is 11.1 Å². The Morgan fingerprint density at radius 1 is 0.710 bits per heavy atom. The molecule has 0 saturated heterocycles. The summed E-state index contributed by atoms with van der Waals surface area (Å²) in [5.74, 6) is -1.18. The Morgan fingerprint density at radius 2 is 1.26 bits per heavy atom. The van der Waals surface area contributed by atoms with Crippen LogP contribution >= 0.6 is 0 Å². The number of primary amides is 1. The summed E-state index contributed by atoms with van der Waals surface area (Å²) in [5, 5.41) is 5.09. The van der Waals surface area contributed by atoms with E-state index in [0.29, 0.717) is 0 Å². The molecule has 0 spiro atoms. The number of carbonyl (C=O) groups is 2. The second-order valence-electron chi connectivity index (χ2n) is 7.60. The van der Waals surface area contributed by atoms with Crippen molar-refractivity contribution in [1.29, 1.82) is 0 Å². The summed E-state index contributed by atoms with van der Waals surface area (Å²) in [6, 6.07) is 32.4. The zero-order valence-electron chi connectivity index (χ0n) is 17.1. The van der Waals surface area contributed by atoms with Crippen LogP contribution in [0.15, 0.2) is 103 Å². The molecule has 0 bridgehead atoms. The summed E-state index contributed by atoms with van der Waals surface area (Å²) in [4.78, 5) is 25.4. The predicted octanol–water partition coefficient (Wildman–Crippen LogP) is 4.18. The summed E-state index contributed by atoms with van der Waals surface area (Å²) < 4.78 is 0. The Labute approximate surface area is 181 Å². The Balaban J connectivity index is 1.60. The van der Waals surface area contributed by atoms with Crippen molar-refractivity contribution in [2.75, 3.05) is 0 Å². The van der Waals surface area contributed by atoms with Gasteiger partial charge in [-0.2, -0.15) is 0 Å². The standard InChI is InChI=1S/C27H24N2O2/c28-27(31)26(25(21-10-3-1-4-11-21)22-12-5-2-6-13-22)29-24(30)18-19-15-16-20-9-7-8-14-23(20)17-19/h1-17,25-26H,18H2,(H2,28,31)(H,29,30)/t26-/m0/s1. The van der Waals surface area contributed by atoms with Gasteiger partial charge in [0.05, 0.1) is 6.42 Å². The number of fused-ring (bicyclic) bond motifs is 1. The Morgan fingerprint density at radius 3 is 1.84 bits per heavy atom. The lowest BCUT2D eigenvalue weighted by atomic mass is 9.84. The molecule has 4 rings (SSSR count). The van der Waals surface area contributed by atoms with E-state index in [9.17, 15) is 9.59 Å². The van der Waals surface area contributed by atoms with E-state index in [1.807, 2.05) is 103 Å². The number of amides is 2. The van der Waals surface area contributed by atoms with E-state index in [1.165, 1.54) is 0 Å². The highest BCUT2D eigenvalue weighted by molar-refractivity contribution is 5.90. The Hall–Kier alpha value is -3.92. The quantitative estimate of drug-likeness (QED) is 0.481. The van der Waals surface area contributed by atoms with Crippen LogP contribution in [0.1, 0.15) is 22.6 Å². The van der Waals surface area contributed by atoms with E-state index >= 15 is 0 Å². The second kappa shape index (κ2) is 9.26. The van der Waals surface area contributed by atoms with Crippen molar-refractivity contribution in [2.45, 2.75) is 18.4 Å². The average Bonchev–Trinajstić information content (AvgIpc) is 2.80. The number of carbonyl (C=O) groups excluding carboxylic acids is 2. The zero-order chi connectivity index (χ0) is 21.6. The molecule has 0 aliphatic carbocycles. The van der Waals surface area contributed by atoms with Gasteiger partial charge in [-0.15, -0.1) is 0 Å². The molecule has 1 atom stereocenters. The molecule has 4 aromatic carbocycles. The smallest absolute Gasteiger partial charge is 0.240 e. The minimum Gasteiger partial charge on any atom is -0.368 e. The first-order valence-electron chi connectivity index (χ1n) is 10.3. The van der Waals surface area contributed by atoms with Gasteiger partial charge in [0.25, 0.3) is 0 Å². The van der Waals surface area contributed by atoms with E-state index in [0.717, 1.165) is 27.5 Å². The Kier molecular flexibility index (Phi) is 6.08. The first-order valence-corrected chi connectivity index (χ1v) is 10.3. The fraction of sp³-hybridized carbons (Fsp3) is 0.111. The number of nitrogens with two attached hydrogens (primary N) is 1. The summed E-state index contributed by atoms with van der Waals surface area (Å²) in [6.07, 6.45) is 0.172. The van der Waals surface area contributed by atoms with E-state index in [-0.39, 0.29) is 18.2 Å². The molecule has 0 heterocycles. The molecular formula is C27H24N2O2. The van der Waals surface area contributed by atoms with Crippen LogP contribution in [0, 0.1) is 0 Å². The molecule has 3 N–H and O–H groups in total. The molecule has 4 heteroatoms. The van der Waals surface area contributed by atoms with Gasteiger partial charge < -0.3 is 11.1 Å². The summed E-state index contributed by atoms with van der Waals surface area (Å²) in [6.45, 7) is 0. The average molecular weight is 409 g/mol. The number of hydrogen-bond acceptors (Lipinski definition) is 2. The number of rotatable bonds is 7. The van der Waals surface area contributed by atoms with Crippen LogP contribution in [0.2, 0.25) is 0 Å². The maximum Gasteiger partial charge on any atom is 0.240 e. The van der Waals surface area contributed by atoms with Gasteiger partial charge in [0, 0.05) is 5.92 Å². The van der Waals surface area contributed by atoms with E-state index < -0.39 is 11.9 Å². The van der Waals surface area contributed by atoms with Gasteiger partial charge in [-0.3, -0.25) is 9.59 Å². The van der Waals surface area contributed by atoms with Crippen molar-refractivity contribution in [2.24, 2.45) is 5.73 Å². The third-order valence-electron chi connectivity index (χ3n) is 5.45. The number of nitrogens with one attached hydrogen (secondary N) is 1. The fourth-order valence-corrected chi connectivity index (χ4v) is 3.98. The molecule has 4 nitrogen and oxygen atoms in total. The molecule has 4 aromatic rings. The molecule has 154 valence electrons. The lowest BCUT2D eigenvalue weighted by molar-refractivity contribution is -0.127. The second-order valence-corrected chi connectivity index (χ2v) is 7.60. The molecule has 0 aliphatic rings. The van der Waals surface area contributed by atoms with Crippen LogP contribution in [0.5, 0.6) is 0 Å². The first-order chi connectivity index (χ1) is 15.1. The zero-order valence-corrected chi connectivity index (χ0v) is 17.1. The van der Waals surface area contributed by atoms with Crippen LogP contribution in [-0.2, 0) is 16.0 Å². The molecule has 0 radical (unpaired) electrons. The van der Waals surface area contributed by atoms with E-state index in [2.05, 4.69) is 5.32 Å². The van der Waals surface area contributed by atoms with Crippen molar-refractivity contribution in [1.82, 2.24) is 5.32 Å². The van der Waals surface area contributed by atoms with Gasteiger partial charge in [-0.05, 0) is 27.5 Å². The normalized spacial score (nSPS) is 11.9. The van der Waals surface area contributed by atoms with Gasteiger partial charge in [0.2, 0.25) is 11.8 Å². The fourth-order valence-electron chi connectivity index (χ4n) is 3.98. The van der Waals surface area contributed by atoms with Crippen molar-refractivity contribution < 1.29 is 9.59 Å². The summed E-state index contributed by atoms with van der Waals surface area (Å²) >= 11 is 0. The molecule has 0 unspecified atom stereocenters. The lowest BCUT2D eigenvalue weighted by Gasteiger charge is -2.27. The molecule has 0 aromatic heterocycles. The minimum atomic E-state index is -0.863. The number of benzene rings is 4. The highest BCUT2D eigenvalue weighted by Gasteiger charge is 2.30. The van der Waals surface area contributed by atoms with Crippen molar-refractivity contribution in [3.05, 3.63) is 120 Å². The molecule has 2 amide bonds. The van der Waals surface area contributed by atoms with Crippen LogP contribution in [0.4, 0.5) is 0 Å². The van der Waals surface area contributed by atoms with Crippen molar-refractivity contribution in [3.8, 4) is 0 Å². The van der Waals surface area contributed by atoms with E-state index in [1.54, 1.807) is 0 Å². The molecule has 31 heavy (non-hydrogen) atoms. The van der Waals surface area contributed by atoms with Crippen molar-refractivity contribution in [3.63, 3.8) is 0 Å². The Bertz CT molecular complexity index is 1150. The third kappa shape index (κ3) is 4.81. The lowest BCUT2D eigenvalue weighted by Crippen LogP contribution is -2.49. The maximum atomic E-state index is 12.9. The summed E-state index contributed by atoms with van der Waals surface area (Å²) in [5.41, 5.74) is 8.50. The maximum absolute atomic E-state index is 12.9. The molecular weight excluding hydrogens is 384 g/mol. The molecule has 0 aliphatic heterocycles. The van der Waals surface area contributed by atoms with Crippen LogP contribution in [0.25, 0.3) is 10.8 Å². The van der Waals surface area contributed by atoms with Gasteiger partial charge >= 0.3 is 0 Å². The largest absolute Gasteiger partial charge is 0.368 e. The highest BCUT2D eigenvalue weighted by Crippen LogP contribution is 2.28. The van der Waals surface area contributed by atoms with Gasteiger partial charge in [0.15, 0.2) is 0 Å². The van der Waals surface area contributed by atoms with Gasteiger partial charge in [0.1, 0.15) is 6.04 Å².